The van der Waals surface area contributed by atoms with Crippen molar-refractivity contribution in [2.45, 2.75) is 4.90 Å². The molecule has 0 amide bonds. The highest BCUT2D eigenvalue weighted by Crippen LogP contribution is 2.33. The molecule has 2 aliphatic heterocycles. The molecule has 5 nitrogen and oxygen atoms in total. The minimum atomic E-state index is -3.40. The maximum atomic E-state index is 12.1. The lowest BCUT2D eigenvalue weighted by Gasteiger charge is -2.22. The smallest absolute Gasteiger partial charge is 0.242 e. The van der Waals surface area contributed by atoms with E-state index in [-0.39, 0.29) is 0 Å². The molecule has 0 saturated carbocycles. The summed E-state index contributed by atoms with van der Waals surface area (Å²) in [6, 6.07) is 7.24. The molecule has 2 unspecified atom stereocenters. The number of rotatable bonds is 3. The first-order valence-electron chi connectivity index (χ1n) is 6.60. The number of hydrogen-bond acceptors (Lipinski definition) is 4. The Morgan fingerprint density at radius 1 is 1.21 bits per heavy atom. The first-order valence-corrected chi connectivity index (χ1v) is 8.08. The Bertz CT molecular complexity index is 561. The van der Waals surface area contributed by atoms with Crippen LogP contribution in [0.4, 0.5) is 5.69 Å². The summed E-state index contributed by atoms with van der Waals surface area (Å²) >= 11 is 0. The van der Waals surface area contributed by atoms with Crippen LogP contribution in [-0.4, -0.2) is 41.6 Å². The van der Waals surface area contributed by atoms with Crippen LogP contribution >= 0.6 is 0 Å². The van der Waals surface area contributed by atoms with Gasteiger partial charge in [-0.1, -0.05) is 12.1 Å². The van der Waals surface area contributed by atoms with Gasteiger partial charge in [0.05, 0.1) is 5.69 Å². The van der Waals surface area contributed by atoms with Gasteiger partial charge < -0.3 is 10.2 Å². The molecule has 0 aliphatic carbocycles. The number of nitrogens with zero attached hydrogens (tertiary/aromatic N) is 1. The third kappa shape index (κ3) is 2.24. The van der Waals surface area contributed by atoms with Crippen molar-refractivity contribution < 1.29 is 8.42 Å². The van der Waals surface area contributed by atoms with Gasteiger partial charge in [-0.05, 0) is 31.0 Å². The molecule has 0 bridgehead atoms. The van der Waals surface area contributed by atoms with Gasteiger partial charge >= 0.3 is 0 Å². The lowest BCUT2D eigenvalue weighted by atomic mass is 10.0. The van der Waals surface area contributed by atoms with E-state index in [0.717, 1.165) is 31.9 Å². The number of fused-ring (bicyclic) bond motifs is 1. The molecule has 2 N–H and O–H groups in total. The molecule has 104 valence electrons. The Hall–Kier alpha value is -1.11. The molecule has 2 saturated heterocycles. The van der Waals surface area contributed by atoms with Gasteiger partial charge in [-0.15, -0.1) is 0 Å². The van der Waals surface area contributed by atoms with E-state index in [1.807, 2.05) is 12.1 Å². The quantitative estimate of drug-likeness (QED) is 0.834. The molecule has 1 aromatic rings. The predicted octanol–water partition coefficient (Wildman–Crippen LogP) is 0.250. The summed E-state index contributed by atoms with van der Waals surface area (Å²) < 4.78 is 26.6. The average Bonchev–Trinajstić information content (AvgIpc) is 2.99. The molecule has 3 rings (SSSR count). The normalized spacial score (nSPS) is 26.7. The van der Waals surface area contributed by atoms with Crippen LogP contribution in [0.2, 0.25) is 0 Å². The zero-order valence-electron chi connectivity index (χ0n) is 11.0. The summed E-state index contributed by atoms with van der Waals surface area (Å²) in [6.07, 6.45) is 0. The number of hydrogen-bond donors (Lipinski definition) is 2. The molecule has 2 atom stereocenters. The van der Waals surface area contributed by atoms with E-state index >= 15 is 0 Å². The van der Waals surface area contributed by atoms with Crippen molar-refractivity contribution in [3.63, 3.8) is 0 Å². The molecule has 6 heteroatoms. The molecular formula is C13H19N3O2S. The lowest BCUT2D eigenvalue weighted by molar-refractivity contribution is 0.533. The topological polar surface area (TPSA) is 61.4 Å². The van der Waals surface area contributed by atoms with Crippen molar-refractivity contribution >= 4 is 15.7 Å². The Morgan fingerprint density at radius 2 is 1.84 bits per heavy atom. The fourth-order valence-corrected chi connectivity index (χ4v) is 4.06. The van der Waals surface area contributed by atoms with Crippen LogP contribution in [0.1, 0.15) is 0 Å². The Morgan fingerprint density at radius 3 is 2.47 bits per heavy atom. The first kappa shape index (κ1) is 12.9. The van der Waals surface area contributed by atoms with E-state index in [1.165, 1.54) is 7.05 Å². The fourth-order valence-electron chi connectivity index (χ4n) is 3.11. The number of anilines is 1. The summed E-state index contributed by atoms with van der Waals surface area (Å²) in [4.78, 5) is 2.59. The summed E-state index contributed by atoms with van der Waals surface area (Å²) in [7, 11) is -1.94. The summed E-state index contributed by atoms with van der Waals surface area (Å²) in [6.45, 7) is 3.96. The monoisotopic (exact) mass is 281 g/mol. The van der Waals surface area contributed by atoms with Crippen LogP contribution in [-0.2, 0) is 10.0 Å². The van der Waals surface area contributed by atoms with Gasteiger partial charge in [0.15, 0.2) is 0 Å². The molecule has 0 spiro atoms. The van der Waals surface area contributed by atoms with Crippen molar-refractivity contribution in [2.75, 3.05) is 38.1 Å². The van der Waals surface area contributed by atoms with Crippen molar-refractivity contribution in [2.24, 2.45) is 11.8 Å². The standard InChI is InChI=1S/C13H19N3O2S/c1-14-19(17,18)13-5-3-2-4-12(13)16-8-10-6-15-7-11(10)9-16/h2-5,10-11,14-15H,6-9H2,1H3. The van der Waals surface area contributed by atoms with E-state index < -0.39 is 10.0 Å². The predicted molar refractivity (Wildman–Crippen MR) is 74.8 cm³/mol. The second kappa shape index (κ2) is 4.77. The highest BCUT2D eigenvalue weighted by Gasteiger charge is 2.37. The molecule has 0 radical (unpaired) electrons. The van der Waals surface area contributed by atoms with Crippen LogP contribution in [0.5, 0.6) is 0 Å². The maximum absolute atomic E-state index is 12.1. The van der Waals surface area contributed by atoms with Gasteiger partial charge in [0, 0.05) is 26.2 Å². The van der Waals surface area contributed by atoms with Crippen LogP contribution in [0.15, 0.2) is 29.2 Å². The van der Waals surface area contributed by atoms with Gasteiger partial charge in [0.25, 0.3) is 0 Å². The van der Waals surface area contributed by atoms with Gasteiger partial charge in [-0.2, -0.15) is 0 Å². The molecular weight excluding hydrogens is 262 g/mol. The number of para-hydroxylation sites is 1. The lowest BCUT2D eigenvalue weighted by Crippen LogP contribution is -2.28. The minimum Gasteiger partial charge on any atom is -0.370 e. The Labute approximate surface area is 114 Å². The number of nitrogens with one attached hydrogen (secondary N) is 2. The van der Waals surface area contributed by atoms with Gasteiger partial charge in [0.1, 0.15) is 4.90 Å². The van der Waals surface area contributed by atoms with Gasteiger partial charge in [-0.25, -0.2) is 13.1 Å². The third-order valence-corrected chi connectivity index (χ3v) is 5.62. The second-order valence-electron chi connectivity index (χ2n) is 5.26. The van der Waals surface area contributed by atoms with Crippen LogP contribution < -0.4 is 14.9 Å². The van der Waals surface area contributed by atoms with E-state index in [1.54, 1.807) is 12.1 Å². The van der Waals surface area contributed by atoms with E-state index in [9.17, 15) is 8.42 Å². The molecule has 1 aromatic carbocycles. The van der Waals surface area contributed by atoms with Crippen molar-refractivity contribution in [1.82, 2.24) is 10.0 Å². The van der Waals surface area contributed by atoms with E-state index in [0.29, 0.717) is 16.7 Å². The summed E-state index contributed by atoms with van der Waals surface area (Å²) in [5, 5.41) is 3.40. The number of benzene rings is 1. The first-order chi connectivity index (χ1) is 9.12. The maximum Gasteiger partial charge on any atom is 0.242 e. The molecule has 2 aliphatic rings. The Kier molecular flexibility index (Phi) is 3.24. The highest BCUT2D eigenvalue weighted by atomic mass is 32.2. The van der Waals surface area contributed by atoms with Crippen molar-refractivity contribution in [1.29, 1.82) is 0 Å². The van der Waals surface area contributed by atoms with Crippen LogP contribution in [0, 0.1) is 11.8 Å². The zero-order valence-corrected chi connectivity index (χ0v) is 11.8. The zero-order chi connectivity index (χ0) is 13.5. The molecule has 19 heavy (non-hydrogen) atoms. The fraction of sp³-hybridized carbons (Fsp3) is 0.538. The van der Waals surface area contributed by atoms with E-state index in [4.69, 9.17) is 0 Å². The largest absolute Gasteiger partial charge is 0.370 e. The summed E-state index contributed by atoms with van der Waals surface area (Å²) in [5.41, 5.74) is 0.825. The van der Waals surface area contributed by atoms with Crippen LogP contribution in [0.3, 0.4) is 0 Å². The molecule has 0 aromatic heterocycles. The molecule has 2 heterocycles. The van der Waals surface area contributed by atoms with Gasteiger partial charge in [-0.3, -0.25) is 0 Å². The third-order valence-electron chi connectivity index (χ3n) is 4.15. The molecule has 2 fully saturated rings. The van der Waals surface area contributed by atoms with Crippen molar-refractivity contribution in [3.05, 3.63) is 24.3 Å². The Balaban J connectivity index is 1.94. The average molecular weight is 281 g/mol. The minimum absolute atomic E-state index is 0.380. The van der Waals surface area contributed by atoms with Crippen LogP contribution in [0.25, 0.3) is 0 Å². The van der Waals surface area contributed by atoms with Crippen molar-refractivity contribution in [3.8, 4) is 0 Å². The summed E-state index contributed by atoms with van der Waals surface area (Å²) in [5.74, 6) is 1.29. The number of sulfonamides is 1. The second-order valence-corrected chi connectivity index (χ2v) is 7.11. The SMILES string of the molecule is CNS(=O)(=O)c1ccccc1N1CC2CNCC2C1. The van der Waals surface area contributed by atoms with Gasteiger partial charge in [0.2, 0.25) is 10.0 Å². The van der Waals surface area contributed by atoms with E-state index in [2.05, 4.69) is 14.9 Å². The highest BCUT2D eigenvalue weighted by molar-refractivity contribution is 7.89.